The van der Waals surface area contributed by atoms with Crippen molar-refractivity contribution in [3.05, 3.63) is 94.3 Å². The van der Waals surface area contributed by atoms with Gasteiger partial charge in [-0.1, -0.05) is 60.7 Å². The summed E-state index contributed by atoms with van der Waals surface area (Å²) in [4.78, 5) is 12.1. The smallest absolute Gasteiger partial charge is 0.250 e. The first-order valence-electron chi connectivity index (χ1n) is 8.03. The lowest BCUT2D eigenvalue weighted by Crippen LogP contribution is -2.46. The fraction of sp³-hybridized carbons (Fsp3) is 0.263. The van der Waals surface area contributed by atoms with Crippen LogP contribution in [0.1, 0.15) is 24.0 Å². The monoisotopic (exact) mass is 324 g/mol. The van der Waals surface area contributed by atoms with Crippen molar-refractivity contribution in [1.29, 1.82) is 0 Å². The van der Waals surface area contributed by atoms with Crippen LogP contribution in [0.25, 0.3) is 0 Å². The minimum absolute atomic E-state index is 0.251. The van der Waals surface area contributed by atoms with E-state index < -0.39 is 10.5 Å². The SMILES string of the molecule is O=[N+]([O-])/C=C/N1CCC[C@H]1C(O)(c1ccccc1)c1ccccc1. The lowest BCUT2D eigenvalue weighted by molar-refractivity contribution is -0.403. The molecule has 2 aromatic carbocycles. The number of likely N-dealkylation sites (tertiary alicyclic amines) is 1. The van der Waals surface area contributed by atoms with E-state index in [0.29, 0.717) is 6.54 Å². The van der Waals surface area contributed by atoms with E-state index in [0.717, 1.165) is 30.2 Å². The summed E-state index contributed by atoms with van der Waals surface area (Å²) >= 11 is 0. The van der Waals surface area contributed by atoms with Crippen molar-refractivity contribution in [1.82, 2.24) is 4.90 Å². The van der Waals surface area contributed by atoms with E-state index in [1.807, 2.05) is 65.6 Å². The Bertz CT molecular complexity index is 676. The summed E-state index contributed by atoms with van der Waals surface area (Å²) in [5.74, 6) is 0. The molecule has 0 amide bonds. The predicted molar refractivity (Wildman–Crippen MR) is 91.7 cm³/mol. The van der Waals surface area contributed by atoms with Crippen LogP contribution < -0.4 is 0 Å². The average molecular weight is 324 g/mol. The molecule has 0 radical (unpaired) electrons. The highest BCUT2D eigenvalue weighted by atomic mass is 16.6. The van der Waals surface area contributed by atoms with Gasteiger partial charge in [-0.15, -0.1) is 0 Å². The molecule has 24 heavy (non-hydrogen) atoms. The van der Waals surface area contributed by atoms with E-state index in [1.165, 1.54) is 6.20 Å². The first-order chi connectivity index (χ1) is 11.6. The fourth-order valence-corrected chi connectivity index (χ4v) is 3.49. The molecule has 1 fully saturated rings. The second-order valence-electron chi connectivity index (χ2n) is 5.98. The lowest BCUT2D eigenvalue weighted by Gasteiger charge is -2.39. The summed E-state index contributed by atoms with van der Waals surface area (Å²) in [7, 11) is 0. The zero-order chi connectivity index (χ0) is 17.0. The van der Waals surface area contributed by atoms with Gasteiger partial charge in [0.05, 0.1) is 17.2 Å². The zero-order valence-electron chi connectivity index (χ0n) is 13.3. The van der Waals surface area contributed by atoms with Crippen LogP contribution in [-0.2, 0) is 5.60 Å². The van der Waals surface area contributed by atoms with Gasteiger partial charge in [-0.05, 0) is 24.0 Å². The predicted octanol–water partition coefficient (Wildman–Crippen LogP) is 3.13. The van der Waals surface area contributed by atoms with E-state index in [1.54, 1.807) is 0 Å². The van der Waals surface area contributed by atoms with Gasteiger partial charge in [0.2, 0.25) is 6.20 Å². The van der Waals surface area contributed by atoms with Gasteiger partial charge in [-0.3, -0.25) is 10.1 Å². The van der Waals surface area contributed by atoms with Crippen molar-refractivity contribution in [2.24, 2.45) is 0 Å². The minimum Gasteiger partial charge on any atom is -0.378 e. The van der Waals surface area contributed by atoms with E-state index in [4.69, 9.17) is 0 Å². The summed E-state index contributed by atoms with van der Waals surface area (Å²) in [5.41, 5.74) is 0.366. The van der Waals surface area contributed by atoms with E-state index in [9.17, 15) is 15.2 Å². The first kappa shape index (κ1) is 16.2. The highest BCUT2D eigenvalue weighted by Gasteiger charge is 2.44. The summed E-state index contributed by atoms with van der Waals surface area (Å²) in [6.07, 6.45) is 4.07. The maximum Gasteiger partial charge on any atom is 0.250 e. The van der Waals surface area contributed by atoms with Crippen LogP contribution in [0, 0.1) is 10.1 Å². The van der Waals surface area contributed by atoms with Gasteiger partial charge in [-0.2, -0.15) is 0 Å². The molecule has 5 nitrogen and oxygen atoms in total. The number of benzene rings is 2. The Morgan fingerprint density at radius 3 is 2.12 bits per heavy atom. The largest absolute Gasteiger partial charge is 0.378 e. The third-order valence-corrected chi connectivity index (χ3v) is 4.58. The van der Waals surface area contributed by atoms with Crippen LogP contribution in [0.4, 0.5) is 0 Å². The van der Waals surface area contributed by atoms with Crippen LogP contribution in [0.3, 0.4) is 0 Å². The van der Waals surface area contributed by atoms with Crippen LogP contribution in [0.5, 0.6) is 0 Å². The summed E-state index contributed by atoms with van der Waals surface area (Å²) < 4.78 is 0. The van der Waals surface area contributed by atoms with Gasteiger partial charge in [0, 0.05) is 6.54 Å². The molecule has 1 N–H and O–H groups in total. The van der Waals surface area contributed by atoms with Crippen molar-refractivity contribution in [2.45, 2.75) is 24.5 Å². The Morgan fingerprint density at radius 1 is 1.08 bits per heavy atom. The van der Waals surface area contributed by atoms with Crippen molar-refractivity contribution in [2.75, 3.05) is 6.54 Å². The van der Waals surface area contributed by atoms with E-state index in [2.05, 4.69) is 0 Å². The Balaban J connectivity index is 2.07. The van der Waals surface area contributed by atoms with Gasteiger partial charge < -0.3 is 10.0 Å². The Morgan fingerprint density at radius 2 is 1.62 bits per heavy atom. The summed E-state index contributed by atoms with van der Waals surface area (Å²) in [5, 5.41) is 22.4. The third kappa shape index (κ3) is 3.03. The second-order valence-corrected chi connectivity index (χ2v) is 5.98. The maximum atomic E-state index is 11.7. The van der Waals surface area contributed by atoms with Gasteiger partial charge in [-0.25, -0.2) is 0 Å². The molecular formula is C19H20N2O3. The van der Waals surface area contributed by atoms with Gasteiger partial charge >= 0.3 is 0 Å². The van der Waals surface area contributed by atoms with Crippen molar-refractivity contribution in [3.8, 4) is 0 Å². The maximum absolute atomic E-state index is 11.7. The third-order valence-electron chi connectivity index (χ3n) is 4.58. The Hall–Kier alpha value is -2.66. The molecule has 0 saturated carbocycles. The number of nitrogens with zero attached hydrogens (tertiary/aromatic N) is 2. The highest BCUT2D eigenvalue weighted by Crippen LogP contribution is 2.40. The molecule has 3 rings (SSSR count). The molecule has 124 valence electrons. The van der Waals surface area contributed by atoms with Crippen LogP contribution >= 0.6 is 0 Å². The number of nitro groups is 1. The van der Waals surface area contributed by atoms with Gasteiger partial charge in [0.15, 0.2) is 0 Å². The van der Waals surface area contributed by atoms with Gasteiger partial charge in [0.1, 0.15) is 5.60 Å². The fourth-order valence-electron chi connectivity index (χ4n) is 3.49. The zero-order valence-corrected chi connectivity index (χ0v) is 13.3. The normalized spacial score (nSPS) is 18.2. The Kier molecular flexibility index (Phi) is 4.62. The molecule has 0 aromatic heterocycles. The molecule has 1 aliphatic heterocycles. The topological polar surface area (TPSA) is 66.6 Å². The molecular weight excluding hydrogens is 304 g/mol. The van der Waals surface area contributed by atoms with Crippen LogP contribution in [0.2, 0.25) is 0 Å². The molecule has 0 bridgehead atoms. The number of hydrogen-bond donors (Lipinski definition) is 1. The molecule has 0 aliphatic carbocycles. The van der Waals surface area contributed by atoms with E-state index in [-0.39, 0.29) is 6.04 Å². The summed E-state index contributed by atoms with van der Waals surface area (Å²) in [6.45, 7) is 0.691. The quantitative estimate of drug-likeness (QED) is 0.678. The lowest BCUT2D eigenvalue weighted by atomic mass is 9.79. The molecule has 0 spiro atoms. The van der Waals surface area contributed by atoms with E-state index >= 15 is 0 Å². The average Bonchev–Trinajstić information content (AvgIpc) is 3.10. The van der Waals surface area contributed by atoms with Crippen molar-refractivity contribution in [3.63, 3.8) is 0 Å². The number of hydrogen-bond acceptors (Lipinski definition) is 4. The highest BCUT2D eigenvalue weighted by molar-refractivity contribution is 5.38. The molecule has 1 aliphatic rings. The van der Waals surface area contributed by atoms with Crippen molar-refractivity contribution < 1.29 is 10.0 Å². The number of rotatable bonds is 5. The standard InChI is InChI=1S/C19H20N2O3/c22-19(16-8-3-1-4-9-16,17-10-5-2-6-11-17)18-12-7-13-20(18)14-15-21(23)24/h1-6,8-11,14-15,18,22H,7,12-13H2/b15-14+/t18-/m0/s1. The Labute approximate surface area is 141 Å². The second kappa shape index (κ2) is 6.84. The van der Waals surface area contributed by atoms with Crippen molar-refractivity contribution >= 4 is 0 Å². The molecule has 1 heterocycles. The van der Waals surface area contributed by atoms with Crippen LogP contribution in [0.15, 0.2) is 73.1 Å². The van der Waals surface area contributed by atoms with Gasteiger partial charge in [0.25, 0.3) is 0 Å². The molecule has 2 aromatic rings. The first-order valence-corrected chi connectivity index (χ1v) is 8.03. The summed E-state index contributed by atoms with van der Waals surface area (Å²) in [6, 6.07) is 18.8. The number of aliphatic hydroxyl groups is 1. The molecule has 5 heteroatoms. The minimum atomic E-state index is -1.22. The molecule has 0 unspecified atom stereocenters. The molecule has 1 saturated heterocycles. The molecule has 1 atom stereocenters. The van der Waals surface area contributed by atoms with Crippen LogP contribution in [-0.4, -0.2) is 27.5 Å².